The van der Waals surface area contributed by atoms with E-state index in [1.807, 2.05) is 0 Å². The number of hydrogen-bond donors (Lipinski definition) is 1. The monoisotopic (exact) mass is 321 g/mol. The van der Waals surface area contributed by atoms with Crippen molar-refractivity contribution < 1.29 is 13.2 Å². The summed E-state index contributed by atoms with van der Waals surface area (Å²) in [6, 6.07) is -0.431. The van der Waals surface area contributed by atoms with E-state index in [4.69, 9.17) is 5.73 Å². The molecule has 21 heavy (non-hydrogen) atoms. The fourth-order valence-electron chi connectivity index (χ4n) is 3.32. The van der Waals surface area contributed by atoms with Crippen molar-refractivity contribution in [2.75, 3.05) is 13.1 Å². The Morgan fingerprint density at radius 3 is 2.29 bits per heavy atom. The molecule has 2 N–H and O–H groups in total. The summed E-state index contributed by atoms with van der Waals surface area (Å²) < 4.78 is 38.2. The van der Waals surface area contributed by atoms with Gasteiger partial charge in [0.25, 0.3) is 0 Å². The topological polar surface area (TPSA) is 42.1 Å². The van der Waals surface area contributed by atoms with Crippen LogP contribution >= 0.6 is 11.3 Å². The lowest BCUT2D eigenvalue weighted by Crippen LogP contribution is -2.53. The van der Waals surface area contributed by atoms with Crippen LogP contribution in [0, 0.1) is 0 Å². The summed E-state index contributed by atoms with van der Waals surface area (Å²) in [5, 5.41) is -0.810. The number of alkyl halides is 3. The van der Waals surface area contributed by atoms with Crippen LogP contribution < -0.4 is 5.73 Å². The Labute approximate surface area is 127 Å². The van der Waals surface area contributed by atoms with Crippen molar-refractivity contribution in [2.45, 2.75) is 57.3 Å². The van der Waals surface area contributed by atoms with Crippen molar-refractivity contribution in [3.63, 3.8) is 0 Å². The predicted molar refractivity (Wildman–Crippen MR) is 78.2 cm³/mol. The highest BCUT2D eigenvalue weighted by Gasteiger charge is 2.43. The third kappa shape index (κ3) is 3.10. The van der Waals surface area contributed by atoms with Gasteiger partial charge in [-0.2, -0.15) is 13.2 Å². The summed E-state index contributed by atoms with van der Waals surface area (Å²) in [7, 11) is 0. The molecule has 0 saturated carbocycles. The second-order valence-corrected chi connectivity index (χ2v) is 6.61. The molecule has 0 bridgehead atoms. The van der Waals surface area contributed by atoms with E-state index in [0.717, 1.165) is 38.8 Å². The maximum Gasteiger partial charge on any atom is 0.443 e. The van der Waals surface area contributed by atoms with Gasteiger partial charge in [0, 0.05) is 16.6 Å². The van der Waals surface area contributed by atoms with Crippen molar-refractivity contribution in [1.29, 1.82) is 0 Å². The molecule has 0 radical (unpaired) electrons. The minimum Gasteiger partial charge on any atom is -0.322 e. The van der Waals surface area contributed by atoms with E-state index >= 15 is 0 Å². The number of halogens is 3. The fraction of sp³-hybridized carbons (Fsp3) is 0.786. The van der Waals surface area contributed by atoms with Crippen LogP contribution in [0.1, 0.15) is 55.5 Å². The highest BCUT2D eigenvalue weighted by molar-refractivity contribution is 7.11. The van der Waals surface area contributed by atoms with Gasteiger partial charge in [-0.05, 0) is 38.8 Å². The molecule has 120 valence electrons. The molecule has 0 amide bonds. The minimum absolute atomic E-state index is 0.272. The number of nitrogens with zero attached hydrogens (tertiary/aromatic N) is 2. The molecule has 0 spiro atoms. The van der Waals surface area contributed by atoms with Crippen molar-refractivity contribution in [2.24, 2.45) is 5.73 Å². The summed E-state index contributed by atoms with van der Waals surface area (Å²) in [6.07, 6.45) is 0.815. The van der Waals surface area contributed by atoms with Crippen LogP contribution in [-0.2, 0) is 6.18 Å². The first-order valence-corrected chi connectivity index (χ1v) is 8.20. The highest BCUT2D eigenvalue weighted by atomic mass is 32.1. The zero-order chi connectivity index (χ0) is 15.7. The molecule has 1 fully saturated rings. The van der Waals surface area contributed by atoms with Crippen LogP contribution in [0.3, 0.4) is 0 Å². The first-order chi connectivity index (χ1) is 9.85. The second-order valence-electron chi connectivity index (χ2n) is 5.55. The van der Waals surface area contributed by atoms with Crippen LogP contribution in [0.2, 0.25) is 0 Å². The molecule has 1 aromatic rings. The zero-order valence-corrected chi connectivity index (χ0v) is 13.2. The summed E-state index contributed by atoms with van der Waals surface area (Å²) in [4.78, 5) is 6.39. The smallest absolute Gasteiger partial charge is 0.322 e. The Bertz CT molecular complexity index is 462. The second kappa shape index (κ2) is 6.22. The summed E-state index contributed by atoms with van der Waals surface area (Å²) in [5.74, 6) is 0. The molecule has 1 saturated heterocycles. The molecule has 7 heteroatoms. The number of thiazole rings is 1. The molecule has 1 atom stereocenters. The number of nitrogens with two attached hydrogens (primary N) is 1. The number of aromatic nitrogens is 1. The lowest BCUT2D eigenvalue weighted by atomic mass is 9.82. The molecule has 1 aromatic heterocycles. The number of likely N-dealkylation sites (tertiary alicyclic amines) is 1. The summed E-state index contributed by atoms with van der Waals surface area (Å²) in [6.45, 7) is 6.07. The number of rotatable bonds is 5. The SMILES string of the molecule is CCC(CC)(C(N)c1cnc(C(F)(F)F)s1)N1CCCC1. The first-order valence-electron chi connectivity index (χ1n) is 7.38. The van der Waals surface area contributed by atoms with Crippen LogP contribution in [0.25, 0.3) is 0 Å². The van der Waals surface area contributed by atoms with Crippen LogP contribution in [-0.4, -0.2) is 28.5 Å². The van der Waals surface area contributed by atoms with Crippen molar-refractivity contribution in [3.8, 4) is 0 Å². The van der Waals surface area contributed by atoms with Crippen molar-refractivity contribution in [1.82, 2.24) is 9.88 Å². The van der Waals surface area contributed by atoms with Gasteiger partial charge in [-0.15, -0.1) is 11.3 Å². The molecule has 2 rings (SSSR count). The average molecular weight is 321 g/mol. The van der Waals surface area contributed by atoms with Crippen LogP contribution in [0.15, 0.2) is 6.20 Å². The minimum atomic E-state index is -4.39. The third-order valence-electron chi connectivity index (χ3n) is 4.61. The van der Waals surface area contributed by atoms with E-state index < -0.39 is 17.2 Å². The number of hydrogen-bond acceptors (Lipinski definition) is 4. The summed E-state index contributed by atoms with van der Waals surface area (Å²) in [5.41, 5.74) is 6.12. The van der Waals surface area contributed by atoms with Crippen LogP contribution in [0.4, 0.5) is 13.2 Å². The molecule has 0 aliphatic carbocycles. The molecule has 1 aliphatic heterocycles. The van der Waals surface area contributed by atoms with Gasteiger partial charge >= 0.3 is 6.18 Å². The predicted octanol–water partition coefficient (Wildman–Crippen LogP) is 3.82. The lowest BCUT2D eigenvalue weighted by molar-refractivity contribution is -0.137. The van der Waals surface area contributed by atoms with E-state index in [9.17, 15) is 13.2 Å². The maximum atomic E-state index is 12.7. The standard InChI is InChI=1S/C14H22F3N3S/c1-3-13(4-2,20-7-5-6-8-20)11(18)10-9-19-12(21-10)14(15,16)17/h9,11H,3-8,18H2,1-2H3. The summed E-state index contributed by atoms with van der Waals surface area (Å²) >= 11 is 0.677. The normalized spacial score (nSPS) is 19.1. The van der Waals surface area contributed by atoms with Crippen LogP contribution in [0.5, 0.6) is 0 Å². The van der Waals surface area contributed by atoms with Gasteiger partial charge in [-0.25, -0.2) is 4.98 Å². The molecular formula is C14H22F3N3S. The molecule has 0 aromatic carbocycles. The Balaban J connectivity index is 2.30. The van der Waals surface area contributed by atoms with E-state index in [1.54, 1.807) is 0 Å². The van der Waals surface area contributed by atoms with E-state index in [0.29, 0.717) is 16.2 Å². The van der Waals surface area contributed by atoms with Gasteiger partial charge in [0.2, 0.25) is 0 Å². The fourth-order valence-corrected chi connectivity index (χ4v) is 4.22. The van der Waals surface area contributed by atoms with Crippen molar-refractivity contribution in [3.05, 3.63) is 16.1 Å². The molecule has 2 heterocycles. The maximum absolute atomic E-state index is 12.7. The Kier molecular flexibility index (Phi) is 4.95. The average Bonchev–Trinajstić information content (AvgIpc) is 3.11. The van der Waals surface area contributed by atoms with Gasteiger partial charge < -0.3 is 5.73 Å². The van der Waals surface area contributed by atoms with E-state index in [1.165, 1.54) is 6.20 Å². The van der Waals surface area contributed by atoms with E-state index in [-0.39, 0.29) is 5.54 Å². The molecule has 1 unspecified atom stereocenters. The Morgan fingerprint density at radius 1 is 1.29 bits per heavy atom. The first kappa shape index (κ1) is 16.7. The van der Waals surface area contributed by atoms with Gasteiger partial charge in [0.15, 0.2) is 5.01 Å². The largest absolute Gasteiger partial charge is 0.443 e. The lowest BCUT2D eigenvalue weighted by Gasteiger charge is -2.45. The highest BCUT2D eigenvalue weighted by Crippen LogP contribution is 2.41. The molecule has 3 nitrogen and oxygen atoms in total. The van der Waals surface area contributed by atoms with Gasteiger partial charge in [-0.1, -0.05) is 13.8 Å². The van der Waals surface area contributed by atoms with Crippen molar-refractivity contribution >= 4 is 11.3 Å². The van der Waals surface area contributed by atoms with Gasteiger partial charge in [0.1, 0.15) is 0 Å². The molecule has 1 aliphatic rings. The Hall–Kier alpha value is -0.660. The Morgan fingerprint density at radius 2 is 1.86 bits per heavy atom. The van der Waals surface area contributed by atoms with E-state index in [2.05, 4.69) is 23.7 Å². The quantitative estimate of drug-likeness (QED) is 0.896. The van der Waals surface area contributed by atoms with Gasteiger partial charge in [0.05, 0.1) is 6.04 Å². The van der Waals surface area contributed by atoms with Gasteiger partial charge in [-0.3, -0.25) is 4.90 Å². The third-order valence-corrected chi connectivity index (χ3v) is 5.74. The molecular weight excluding hydrogens is 299 g/mol. The zero-order valence-electron chi connectivity index (χ0n) is 12.4.